The van der Waals surface area contributed by atoms with Crippen LogP contribution in [0.15, 0.2) is 54.6 Å². The van der Waals surface area contributed by atoms with E-state index in [1.165, 1.54) is 19.3 Å². The van der Waals surface area contributed by atoms with E-state index in [4.69, 9.17) is 4.74 Å². The lowest BCUT2D eigenvalue weighted by molar-refractivity contribution is 0.214. The fraction of sp³-hybridized carbons (Fsp3) is 0.467. The molecule has 0 radical (unpaired) electrons. The van der Waals surface area contributed by atoms with Crippen LogP contribution in [0.2, 0.25) is 0 Å². The molecule has 5 rings (SSSR count). The van der Waals surface area contributed by atoms with Gasteiger partial charge in [0.05, 0.1) is 6.61 Å². The van der Waals surface area contributed by atoms with Crippen molar-refractivity contribution in [3.05, 3.63) is 66.0 Å². The summed E-state index contributed by atoms with van der Waals surface area (Å²) in [6.45, 7) is 10.3. The van der Waals surface area contributed by atoms with Gasteiger partial charge in [0.15, 0.2) is 0 Å². The second-order valence-corrected chi connectivity index (χ2v) is 10.1. The predicted octanol–water partition coefficient (Wildman–Crippen LogP) is 5.82. The van der Waals surface area contributed by atoms with Gasteiger partial charge in [-0.25, -0.2) is 4.39 Å². The Kier molecular flexibility index (Phi) is 8.24. The van der Waals surface area contributed by atoms with E-state index in [1.807, 2.05) is 0 Å². The Morgan fingerprint density at radius 1 is 0.944 bits per heavy atom. The van der Waals surface area contributed by atoms with Gasteiger partial charge in [-0.1, -0.05) is 24.3 Å². The number of piperidine rings is 1. The summed E-state index contributed by atoms with van der Waals surface area (Å²) in [5.74, 6) is 0.749. The zero-order valence-electron chi connectivity index (χ0n) is 21.4. The summed E-state index contributed by atoms with van der Waals surface area (Å²) in [7, 11) is 0. The van der Waals surface area contributed by atoms with E-state index in [0.29, 0.717) is 6.61 Å². The van der Waals surface area contributed by atoms with Gasteiger partial charge in [-0.15, -0.1) is 0 Å². The maximum atomic E-state index is 14.6. The molecular weight excluding hydrogens is 451 g/mol. The third-order valence-corrected chi connectivity index (χ3v) is 7.47. The molecule has 0 aromatic heterocycles. The smallest absolute Gasteiger partial charge is 0.127 e. The fourth-order valence-corrected chi connectivity index (χ4v) is 5.43. The minimum Gasteiger partial charge on any atom is -0.493 e. The van der Waals surface area contributed by atoms with Crippen LogP contribution in [0.4, 0.5) is 15.8 Å². The van der Waals surface area contributed by atoms with Crippen LogP contribution in [0, 0.1) is 5.82 Å². The molecule has 2 N–H and O–H groups in total. The molecule has 0 bridgehead atoms. The number of piperazine rings is 1. The summed E-state index contributed by atoms with van der Waals surface area (Å²) in [4.78, 5) is 4.81. The van der Waals surface area contributed by atoms with Crippen molar-refractivity contribution in [3.8, 4) is 5.75 Å². The molecule has 1 atom stereocenters. The molecule has 36 heavy (non-hydrogen) atoms. The van der Waals surface area contributed by atoms with Crippen molar-refractivity contribution in [1.82, 2.24) is 10.2 Å². The van der Waals surface area contributed by atoms with Crippen molar-refractivity contribution in [2.45, 2.75) is 38.6 Å². The molecule has 192 valence electrons. The number of hydrogen-bond acceptors (Lipinski definition) is 5. The number of fused-ring (bicyclic) bond motifs is 1. The zero-order chi connectivity index (χ0) is 24.7. The van der Waals surface area contributed by atoms with Gasteiger partial charge in [-0.3, -0.25) is 0 Å². The van der Waals surface area contributed by atoms with Crippen LogP contribution in [0.25, 0.3) is 10.8 Å². The van der Waals surface area contributed by atoms with Gasteiger partial charge in [0, 0.05) is 74.0 Å². The van der Waals surface area contributed by atoms with E-state index in [1.54, 1.807) is 12.1 Å². The number of halogens is 1. The summed E-state index contributed by atoms with van der Waals surface area (Å²) in [6.07, 6.45) is 4.63. The Morgan fingerprint density at radius 2 is 1.72 bits per heavy atom. The van der Waals surface area contributed by atoms with E-state index in [2.05, 4.69) is 69.8 Å². The van der Waals surface area contributed by atoms with E-state index >= 15 is 0 Å². The first-order chi connectivity index (χ1) is 17.7. The normalized spacial score (nSPS) is 17.8. The lowest BCUT2D eigenvalue weighted by Crippen LogP contribution is -2.43. The van der Waals surface area contributed by atoms with Crippen LogP contribution >= 0.6 is 0 Å². The zero-order valence-corrected chi connectivity index (χ0v) is 21.4. The molecule has 3 aromatic rings. The van der Waals surface area contributed by atoms with E-state index < -0.39 is 0 Å². The summed E-state index contributed by atoms with van der Waals surface area (Å²) < 4.78 is 20.8. The maximum absolute atomic E-state index is 14.6. The quantitative estimate of drug-likeness (QED) is 0.370. The summed E-state index contributed by atoms with van der Waals surface area (Å²) in [6, 6.07) is 18.0. The van der Waals surface area contributed by atoms with E-state index in [0.717, 1.165) is 85.7 Å². The molecule has 2 fully saturated rings. The highest BCUT2D eigenvalue weighted by molar-refractivity contribution is 5.98. The molecule has 0 aliphatic carbocycles. The minimum absolute atomic E-state index is 0.0292. The summed E-state index contributed by atoms with van der Waals surface area (Å²) >= 11 is 0. The lowest BCUT2D eigenvalue weighted by Gasteiger charge is -2.30. The van der Waals surface area contributed by atoms with Crippen LogP contribution in [-0.4, -0.2) is 57.3 Å². The monoisotopic (exact) mass is 490 g/mol. The lowest BCUT2D eigenvalue weighted by atomic mass is 10.0. The van der Waals surface area contributed by atoms with Crippen LogP contribution < -0.4 is 20.3 Å². The van der Waals surface area contributed by atoms with Crippen LogP contribution in [0.1, 0.15) is 44.2 Å². The predicted molar refractivity (Wildman–Crippen MR) is 148 cm³/mol. The molecule has 5 nitrogen and oxygen atoms in total. The molecule has 2 aliphatic heterocycles. The Morgan fingerprint density at radius 3 is 2.53 bits per heavy atom. The van der Waals surface area contributed by atoms with Gasteiger partial charge in [-0.2, -0.15) is 0 Å². The number of hydrogen-bond donors (Lipinski definition) is 2. The molecule has 2 saturated heterocycles. The maximum Gasteiger partial charge on any atom is 0.127 e. The van der Waals surface area contributed by atoms with Crippen molar-refractivity contribution in [2.75, 3.05) is 62.6 Å². The van der Waals surface area contributed by atoms with Gasteiger partial charge < -0.3 is 25.2 Å². The van der Waals surface area contributed by atoms with Crippen molar-refractivity contribution in [2.24, 2.45) is 0 Å². The van der Waals surface area contributed by atoms with Crippen LogP contribution in [0.3, 0.4) is 0 Å². The second kappa shape index (κ2) is 11.9. The molecule has 3 aromatic carbocycles. The first-order valence-corrected chi connectivity index (χ1v) is 13.6. The molecule has 6 heteroatoms. The third kappa shape index (κ3) is 6.11. The number of ether oxygens (including phenoxy) is 1. The average molecular weight is 491 g/mol. The second-order valence-electron chi connectivity index (χ2n) is 10.1. The molecular formula is C30H39FN4O. The molecule has 0 saturated carbocycles. The van der Waals surface area contributed by atoms with Gasteiger partial charge >= 0.3 is 0 Å². The largest absolute Gasteiger partial charge is 0.493 e. The molecule has 2 heterocycles. The molecule has 1 unspecified atom stereocenters. The van der Waals surface area contributed by atoms with Gasteiger partial charge in [-0.05, 0) is 68.5 Å². The highest BCUT2D eigenvalue weighted by atomic mass is 19.1. The highest BCUT2D eigenvalue weighted by Crippen LogP contribution is 2.34. The van der Waals surface area contributed by atoms with Crippen molar-refractivity contribution >= 4 is 22.1 Å². The topological polar surface area (TPSA) is 39.8 Å². The Labute approximate surface area is 214 Å². The first-order valence-electron chi connectivity index (χ1n) is 13.6. The van der Waals surface area contributed by atoms with Crippen LogP contribution in [0.5, 0.6) is 5.75 Å². The Balaban J connectivity index is 1.27. The SMILES string of the molecule is CC(Nc1ccc(OCCCN2CCNCC2)c2ccccc12)c1cc(F)cc(N2CCCCC2)c1. The molecule has 0 spiro atoms. The first kappa shape index (κ1) is 24.8. The Bertz CT molecular complexity index is 1140. The highest BCUT2D eigenvalue weighted by Gasteiger charge is 2.16. The van der Waals surface area contributed by atoms with Crippen LogP contribution in [-0.2, 0) is 0 Å². The molecule has 2 aliphatic rings. The number of nitrogens with zero attached hydrogens (tertiary/aromatic N) is 2. The van der Waals surface area contributed by atoms with Gasteiger partial charge in [0.25, 0.3) is 0 Å². The van der Waals surface area contributed by atoms with Crippen molar-refractivity contribution < 1.29 is 9.13 Å². The number of nitrogens with one attached hydrogen (secondary N) is 2. The summed E-state index contributed by atoms with van der Waals surface area (Å²) in [5, 5.41) is 9.27. The summed E-state index contributed by atoms with van der Waals surface area (Å²) in [5.41, 5.74) is 3.00. The number of benzene rings is 3. The molecule has 0 amide bonds. The average Bonchev–Trinajstić information content (AvgIpc) is 2.92. The van der Waals surface area contributed by atoms with Gasteiger partial charge in [0.2, 0.25) is 0 Å². The number of rotatable bonds is 9. The number of anilines is 2. The fourth-order valence-electron chi connectivity index (χ4n) is 5.43. The van der Waals surface area contributed by atoms with Crippen molar-refractivity contribution in [1.29, 1.82) is 0 Å². The standard InChI is InChI=1S/C30H39FN4O/c1-23(24-20-25(31)22-26(21-24)35-15-5-2-6-16-35)33-29-10-11-30(28-9-4-3-8-27(28)29)36-19-7-14-34-17-12-32-13-18-34/h3-4,8-11,20-23,32-33H,2,5-7,12-19H2,1H3. The van der Waals surface area contributed by atoms with E-state index in [-0.39, 0.29) is 11.9 Å². The van der Waals surface area contributed by atoms with Crippen molar-refractivity contribution in [3.63, 3.8) is 0 Å². The minimum atomic E-state index is -0.170. The third-order valence-electron chi connectivity index (χ3n) is 7.47. The van der Waals surface area contributed by atoms with Gasteiger partial charge in [0.1, 0.15) is 11.6 Å². The van der Waals surface area contributed by atoms with E-state index in [9.17, 15) is 4.39 Å². The Hall–Kier alpha value is -2.83.